The fourth-order valence-electron chi connectivity index (χ4n) is 4.69. The molecule has 0 spiro atoms. The number of aryl methyl sites for hydroxylation is 3. The van der Waals surface area contributed by atoms with Crippen molar-refractivity contribution in [3.8, 4) is 39.5 Å². The second-order valence-electron chi connectivity index (χ2n) is 8.81. The van der Waals surface area contributed by atoms with Gasteiger partial charge in [-0.3, -0.25) is 4.68 Å². The maximum absolute atomic E-state index is 15.6. The van der Waals surface area contributed by atoms with Crippen molar-refractivity contribution in [2.75, 3.05) is 0 Å². The smallest absolute Gasteiger partial charge is 0.142 e. The number of halogens is 3. The molecule has 6 nitrogen and oxygen atoms in total. The first-order valence-electron chi connectivity index (χ1n) is 11.6. The summed E-state index contributed by atoms with van der Waals surface area (Å²) < 4.78 is 54.7. The Kier molecular flexibility index (Phi) is 5.57. The zero-order valence-corrected chi connectivity index (χ0v) is 21.4. The Hall–Kier alpha value is -4.44. The average Bonchev–Trinajstić information content (AvgIpc) is 3.56. The van der Waals surface area contributed by atoms with Crippen LogP contribution in [0.4, 0.5) is 13.2 Å². The van der Waals surface area contributed by atoms with Gasteiger partial charge in [0, 0.05) is 54.3 Å². The third kappa shape index (κ3) is 3.67. The highest BCUT2D eigenvalue weighted by Crippen LogP contribution is 2.47. The van der Waals surface area contributed by atoms with Gasteiger partial charge in [-0.05, 0) is 25.1 Å². The van der Waals surface area contributed by atoms with E-state index in [2.05, 4.69) is 16.7 Å². The number of nitrogens with zero attached hydrogens (tertiary/aromatic N) is 5. The molecule has 4 aromatic heterocycles. The molecule has 6 rings (SSSR count). The highest BCUT2D eigenvalue weighted by Gasteiger charge is 2.28. The molecule has 0 amide bonds. The summed E-state index contributed by atoms with van der Waals surface area (Å²) in [4.78, 5) is 9.56. The Morgan fingerprint density at radius 2 is 1.79 bits per heavy atom. The summed E-state index contributed by atoms with van der Waals surface area (Å²) in [6.45, 7) is 5.43. The Balaban J connectivity index is 1.74. The van der Waals surface area contributed by atoms with Gasteiger partial charge in [0.05, 0.1) is 33.3 Å². The van der Waals surface area contributed by atoms with Gasteiger partial charge >= 0.3 is 0 Å². The van der Waals surface area contributed by atoms with Crippen LogP contribution in [-0.4, -0.2) is 24.3 Å². The van der Waals surface area contributed by atoms with Crippen LogP contribution in [0.15, 0.2) is 60.8 Å². The van der Waals surface area contributed by atoms with E-state index in [0.717, 1.165) is 46.6 Å². The number of hydrogen-bond donors (Lipinski definition) is 0. The summed E-state index contributed by atoms with van der Waals surface area (Å²) >= 11 is 1.15. The van der Waals surface area contributed by atoms with E-state index < -0.39 is 17.5 Å². The van der Waals surface area contributed by atoms with Crippen LogP contribution >= 0.6 is 11.3 Å². The minimum atomic E-state index is -0.925. The number of thiophene rings is 1. The predicted octanol–water partition coefficient (Wildman–Crippen LogP) is 7.17. The highest BCUT2D eigenvalue weighted by atomic mass is 32.1. The number of imidazole rings is 1. The number of ether oxygens (including phenoxy) is 1. The molecule has 38 heavy (non-hydrogen) atoms. The number of hydrogen-bond acceptors (Lipinski definition) is 5. The number of benzene rings is 2. The molecule has 0 bridgehead atoms. The Bertz CT molecular complexity index is 1900. The van der Waals surface area contributed by atoms with Crippen LogP contribution in [-0.2, 0) is 14.1 Å². The third-order valence-corrected chi connectivity index (χ3v) is 7.44. The average molecular weight is 532 g/mol. The monoisotopic (exact) mass is 531 g/mol. The van der Waals surface area contributed by atoms with Crippen molar-refractivity contribution < 1.29 is 17.9 Å². The van der Waals surface area contributed by atoms with Crippen LogP contribution in [0, 0.1) is 24.4 Å². The molecular formula is C28H20F3N5OS. The molecule has 4 heterocycles. The molecule has 2 aromatic carbocycles. The van der Waals surface area contributed by atoms with Gasteiger partial charge in [0.2, 0.25) is 0 Å². The molecule has 0 N–H and O–H groups in total. The van der Waals surface area contributed by atoms with Crippen LogP contribution in [0.5, 0.6) is 5.75 Å². The van der Waals surface area contributed by atoms with Crippen molar-refractivity contribution in [3.05, 3.63) is 84.1 Å². The van der Waals surface area contributed by atoms with Crippen molar-refractivity contribution in [2.24, 2.45) is 14.1 Å². The van der Waals surface area contributed by atoms with Crippen molar-refractivity contribution in [1.29, 1.82) is 0 Å². The van der Waals surface area contributed by atoms with E-state index in [4.69, 9.17) is 9.72 Å². The normalized spacial score (nSPS) is 11.5. The molecular weight excluding hydrogens is 511 g/mol. The van der Waals surface area contributed by atoms with Gasteiger partial charge < -0.3 is 9.30 Å². The lowest BCUT2D eigenvalue weighted by Crippen LogP contribution is -2.00. The van der Waals surface area contributed by atoms with Crippen LogP contribution in [0.25, 0.3) is 54.9 Å². The number of fused-ring (bicyclic) bond motifs is 2. The first-order valence-corrected chi connectivity index (χ1v) is 12.5. The topological polar surface area (TPSA) is 57.8 Å². The Labute approximate surface area is 219 Å². The van der Waals surface area contributed by atoms with E-state index in [-0.39, 0.29) is 28.0 Å². The van der Waals surface area contributed by atoms with E-state index in [0.29, 0.717) is 21.7 Å². The molecule has 0 aliphatic rings. The second-order valence-corrected chi connectivity index (χ2v) is 9.69. The zero-order chi connectivity index (χ0) is 26.7. The van der Waals surface area contributed by atoms with Crippen LogP contribution in [0.3, 0.4) is 0 Å². The van der Waals surface area contributed by atoms with E-state index in [1.165, 1.54) is 5.38 Å². The lowest BCUT2D eigenvalue weighted by molar-refractivity contribution is 0.471. The van der Waals surface area contributed by atoms with E-state index in [1.807, 2.05) is 36.7 Å². The molecule has 0 fully saturated rings. The zero-order valence-electron chi connectivity index (χ0n) is 20.6. The van der Waals surface area contributed by atoms with Gasteiger partial charge in [-0.15, -0.1) is 11.3 Å². The van der Waals surface area contributed by atoms with Crippen LogP contribution in [0.1, 0.15) is 5.82 Å². The SMILES string of the molecule is C=COc1cc(F)cc(F)c1-c1c(-c2ccn(C)n2)nc(-c2ccc3c(c2)nc(C)n3C)c2scc(F)c12. The lowest BCUT2D eigenvalue weighted by Gasteiger charge is -2.16. The standard InChI is InChI=1S/C28H20F3N5OS/c1-5-37-22-12-16(29)11-17(30)23(22)25-24-18(31)13-38-28(24)26(33-27(25)19-8-9-35(3)34-19)15-6-7-21-20(10-15)32-14(2)36(21)4/h5-13H,1H2,2-4H3. The van der Waals surface area contributed by atoms with Crippen molar-refractivity contribution in [3.63, 3.8) is 0 Å². The summed E-state index contributed by atoms with van der Waals surface area (Å²) in [6.07, 6.45) is 2.77. The van der Waals surface area contributed by atoms with Gasteiger partial charge in [-0.1, -0.05) is 12.6 Å². The van der Waals surface area contributed by atoms with Crippen LogP contribution in [0.2, 0.25) is 0 Å². The van der Waals surface area contributed by atoms with E-state index in [1.54, 1.807) is 24.0 Å². The van der Waals surface area contributed by atoms with Crippen LogP contribution < -0.4 is 4.74 Å². The summed E-state index contributed by atoms with van der Waals surface area (Å²) in [5.41, 5.74) is 3.52. The maximum atomic E-state index is 15.6. The van der Waals surface area contributed by atoms with Gasteiger partial charge in [0.1, 0.15) is 40.4 Å². The fourth-order valence-corrected chi connectivity index (χ4v) is 5.62. The maximum Gasteiger partial charge on any atom is 0.142 e. The molecule has 10 heteroatoms. The second kappa shape index (κ2) is 8.84. The minimum Gasteiger partial charge on any atom is -0.465 e. The van der Waals surface area contributed by atoms with Gasteiger partial charge in [-0.25, -0.2) is 23.1 Å². The van der Waals surface area contributed by atoms with E-state index >= 15 is 8.78 Å². The largest absolute Gasteiger partial charge is 0.465 e. The molecule has 6 aromatic rings. The molecule has 0 aliphatic heterocycles. The number of pyridine rings is 1. The quantitative estimate of drug-likeness (QED) is 0.222. The highest BCUT2D eigenvalue weighted by molar-refractivity contribution is 7.17. The molecule has 0 atom stereocenters. The van der Waals surface area contributed by atoms with Gasteiger partial charge in [-0.2, -0.15) is 5.10 Å². The molecule has 0 unspecified atom stereocenters. The number of rotatable bonds is 5. The molecule has 0 aliphatic carbocycles. The van der Waals surface area contributed by atoms with Crippen molar-refractivity contribution in [1.82, 2.24) is 24.3 Å². The first kappa shape index (κ1) is 23.9. The molecule has 0 saturated carbocycles. The van der Waals surface area contributed by atoms with Crippen molar-refractivity contribution >= 4 is 32.5 Å². The summed E-state index contributed by atoms with van der Waals surface area (Å²) in [7, 11) is 3.67. The molecule has 0 saturated heterocycles. The Morgan fingerprint density at radius 3 is 2.53 bits per heavy atom. The first-order chi connectivity index (χ1) is 18.3. The lowest BCUT2D eigenvalue weighted by atomic mass is 9.95. The fraction of sp³-hybridized carbons (Fsp3) is 0.107. The Morgan fingerprint density at radius 1 is 0.974 bits per heavy atom. The summed E-state index contributed by atoms with van der Waals surface area (Å²) in [5, 5.41) is 5.96. The summed E-state index contributed by atoms with van der Waals surface area (Å²) in [5.74, 6) is -1.63. The van der Waals surface area contributed by atoms with Crippen molar-refractivity contribution in [2.45, 2.75) is 6.92 Å². The van der Waals surface area contributed by atoms with Gasteiger partial charge in [0.25, 0.3) is 0 Å². The number of aromatic nitrogens is 5. The summed E-state index contributed by atoms with van der Waals surface area (Å²) in [6, 6.07) is 9.20. The van der Waals surface area contributed by atoms with E-state index in [9.17, 15) is 4.39 Å². The van der Waals surface area contributed by atoms with Gasteiger partial charge in [0.15, 0.2) is 0 Å². The minimum absolute atomic E-state index is 0.116. The molecule has 0 radical (unpaired) electrons. The predicted molar refractivity (Wildman–Crippen MR) is 142 cm³/mol. The molecule has 190 valence electrons. The third-order valence-electron chi connectivity index (χ3n) is 6.48.